The summed E-state index contributed by atoms with van der Waals surface area (Å²) in [5.41, 5.74) is 3.84. The average Bonchev–Trinajstić information content (AvgIpc) is 2.80. The van der Waals surface area contributed by atoms with Gasteiger partial charge in [0.2, 0.25) is 5.91 Å². The minimum atomic E-state index is -0.324. The molecule has 1 aliphatic rings. The molecule has 1 aromatic carbocycles. The first-order valence-corrected chi connectivity index (χ1v) is 13.3. The van der Waals surface area contributed by atoms with E-state index >= 15 is 0 Å². The number of aromatic nitrogens is 2. The summed E-state index contributed by atoms with van der Waals surface area (Å²) in [4.78, 5) is 32.9. The summed E-state index contributed by atoms with van der Waals surface area (Å²) in [5, 5.41) is 3.29. The molecule has 34 heavy (non-hydrogen) atoms. The molecule has 2 heterocycles. The lowest BCUT2D eigenvalue weighted by Gasteiger charge is -2.26. The molecule has 1 unspecified atom stereocenters. The number of thioether (sulfide) groups is 1. The van der Waals surface area contributed by atoms with E-state index < -0.39 is 0 Å². The lowest BCUT2D eigenvalue weighted by molar-refractivity contribution is -0.120. The van der Waals surface area contributed by atoms with E-state index in [4.69, 9.17) is 4.98 Å². The molecule has 1 fully saturated rings. The Morgan fingerprint density at radius 3 is 2.41 bits per heavy atom. The smallest absolute Gasteiger partial charge is 0.257 e. The third-order valence-electron chi connectivity index (χ3n) is 6.58. The van der Waals surface area contributed by atoms with E-state index in [1.165, 1.54) is 36.6 Å². The van der Waals surface area contributed by atoms with Gasteiger partial charge in [0.15, 0.2) is 5.16 Å². The Hall–Kier alpha value is -2.12. The van der Waals surface area contributed by atoms with Crippen LogP contribution < -0.4 is 10.9 Å². The summed E-state index contributed by atoms with van der Waals surface area (Å²) >= 11 is 1.34. The van der Waals surface area contributed by atoms with E-state index in [1.807, 2.05) is 13.8 Å². The summed E-state index contributed by atoms with van der Waals surface area (Å²) in [7, 11) is 1.74. The summed E-state index contributed by atoms with van der Waals surface area (Å²) in [6, 6.07) is 8.47. The molecule has 0 aliphatic carbocycles. The van der Waals surface area contributed by atoms with Crippen molar-refractivity contribution in [1.82, 2.24) is 19.8 Å². The Bertz CT molecular complexity index is 1030. The number of benzene rings is 1. The molecular weight excluding hydrogens is 444 g/mol. The molecule has 1 N–H and O–H groups in total. The first kappa shape index (κ1) is 26.5. The van der Waals surface area contributed by atoms with Crippen LogP contribution in [0.4, 0.5) is 0 Å². The van der Waals surface area contributed by atoms with E-state index in [9.17, 15) is 9.59 Å². The highest BCUT2D eigenvalue weighted by Gasteiger charge is 2.20. The van der Waals surface area contributed by atoms with E-state index in [0.717, 1.165) is 30.9 Å². The number of hydrogen-bond donors (Lipinski definition) is 1. The number of hydrogen-bond acceptors (Lipinski definition) is 5. The maximum Gasteiger partial charge on any atom is 0.257 e. The number of nitrogens with zero attached hydrogens (tertiary/aromatic N) is 3. The van der Waals surface area contributed by atoms with Crippen molar-refractivity contribution in [2.45, 2.75) is 76.1 Å². The van der Waals surface area contributed by atoms with Crippen molar-refractivity contribution in [2.24, 2.45) is 7.05 Å². The van der Waals surface area contributed by atoms with Gasteiger partial charge in [0.25, 0.3) is 5.56 Å². The first-order chi connectivity index (χ1) is 16.1. The van der Waals surface area contributed by atoms with Crippen molar-refractivity contribution in [2.75, 3.05) is 26.2 Å². The van der Waals surface area contributed by atoms with Gasteiger partial charge in [-0.05, 0) is 56.3 Å². The minimum absolute atomic E-state index is 0.0167. The molecule has 0 bridgehead atoms. The Balaban J connectivity index is 1.62. The second-order valence-electron chi connectivity index (χ2n) is 10.4. The second-order valence-corrected chi connectivity index (χ2v) is 11.7. The molecule has 3 rings (SSSR count). The van der Waals surface area contributed by atoms with E-state index in [0.29, 0.717) is 23.7 Å². The van der Waals surface area contributed by atoms with Crippen LogP contribution in [0.1, 0.15) is 69.3 Å². The molecule has 1 amide bonds. The van der Waals surface area contributed by atoms with Crippen LogP contribution in [0.15, 0.2) is 34.2 Å². The lowest BCUT2D eigenvalue weighted by atomic mass is 9.86. The summed E-state index contributed by atoms with van der Waals surface area (Å²) in [6.07, 6.45) is 4.35. The Morgan fingerprint density at radius 2 is 1.79 bits per heavy atom. The largest absolute Gasteiger partial charge is 0.354 e. The quantitative estimate of drug-likeness (QED) is 0.452. The topological polar surface area (TPSA) is 67.2 Å². The molecule has 0 radical (unpaired) electrons. The summed E-state index contributed by atoms with van der Waals surface area (Å²) < 4.78 is 1.58. The predicted molar refractivity (Wildman–Crippen MR) is 141 cm³/mol. The van der Waals surface area contributed by atoms with Gasteiger partial charge in [-0.25, -0.2) is 4.98 Å². The molecule has 6 nitrogen and oxygen atoms in total. The number of carbonyl (C=O) groups is 1. The molecule has 0 spiro atoms. The summed E-state index contributed by atoms with van der Waals surface area (Å²) in [6.45, 7) is 14.1. The van der Waals surface area contributed by atoms with Crippen LogP contribution in [-0.2, 0) is 23.7 Å². The molecule has 1 aliphatic heterocycles. The summed E-state index contributed by atoms with van der Waals surface area (Å²) in [5.74, 6) is -0.0167. The van der Waals surface area contributed by atoms with Gasteiger partial charge in [-0.2, -0.15) is 0 Å². The highest BCUT2D eigenvalue weighted by Crippen LogP contribution is 2.24. The number of aryl methyl sites for hydroxylation is 1. The van der Waals surface area contributed by atoms with E-state index in [1.54, 1.807) is 11.6 Å². The third kappa shape index (κ3) is 6.95. The predicted octanol–water partition coefficient (Wildman–Crippen LogP) is 4.06. The van der Waals surface area contributed by atoms with Crippen molar-refractivity contribution in [3.05, 3.63) is 57.0 Å². The maximum atomic E-state index is 13.1. The monoisotopic (exact) mass is 484 g/mol. The van der Waals surface area contributed by atoms with Gasteiger partial charge in [-0.3, -0.25) is 14.2 Å². The van der Waals surface area contributed by atoms with Crippen molar-refractivity contribution >= 4 is 17.7 Å². The molecular formula is C27H40N4O2S. The highest BCUT2D eigenvalue weighted by atomic mass is 32.2. The van der Waals surface area contributed by atoms with Crippen LogP contribution >= 0.6 is 11.8 Å². The van der Waals surface area contributed by atoms with Gasteiger partial charge in [0.05, 0.1) is 5.25 Å². The van der Waals surface area contributed by atoms with Crippen LogP contribution in [-0.4, -0.2) is 51.8 Å². The fourth-order valence-electron chi connectivity index (χ4n) is 4.24. The van der Waals surface area contributed by atoms with Crippen LogP contribution in [0.25, 0.3) is 0 Å². The zero-order chi connectivity index (χ0) is 24.9. The third-order valence-corrected chi connectivity index (χ3v) is 7.72. The maximum absolute atomic E-state index is 13.1. The van der Waals surface area contributed by atoms with Gasteiger partial charge in [0.1, 0.15) is 0 Å². The number of likely N-dealkylation sites (tertiary alicyclic amines) is 1. The van der Waals surface area contributed by atoms with Crippen LogP contribution in [0.2, 0.25) is 0 Å². The lowest BCUT2D eigenvalue weighted by Crippen LogP contribution is -2.40. The van der Waals surface area contributed by atoms with E-state index in [-0.39, 0.29) is 22.1 Å². The standard InChI is InChI=1S/C27H40N4O2S/c1-19-23(18-21-10-12-22(13-11-21)27(3,4)5)25(33)30(6)26(29-19)34-20(2)24(32)28-14-17-31-15-8-7-9-16-31/h10-13,20H,7-9,14-18H2,1-6H3,(H,28,32). The Morgan fingerprint density at radius 1 is 1.15 bits per heavy atom. The highest BCUT2D eigenvalue weighted by molar-refractivity contribution is 8.00. The van der Waals surface area contributed by atoms with Crippen molar-refractivity contribution in [3.8, 4) is 0 Å². The van der Waals surface area contributed by atoms with Crippen LogP contribution in [0.5, 0.6) is 0 Å². The fraction of sp³-hybridized carbons (Fsp3) is 0.593. The number of rotatable bonds is 8. The zero-order valence-corrected chi connectivity index (χ0v) is 22.4. The van der Waals surface area contributed by atoms with Gasteiger partial charge in [-0.15, -0.1) is 0 Å². The van der Waals surface area contributed by atoms with Gasteiger partial charge in [0, 0.05) is 37.8 Å². The molecule has 0 saturated carbocycles. The molecule has 186 valence electrons. The normalized spacial score (nSPS) is 15.8. The number of piperidine rings is 1. The van der Waals surface area contributed by atoms with Crippen molar-refractivity contribution < 1.29 is 4.79 Å². The Kier molecular flexibility index (Phi) is 8.99. The molecule has 1 saturated heterocycles. The van der Waals surface area contributed by atoms with Crippen molar-refractivity contribution in [1.29, 1.82) is 0 Å². The SMILES string of the molecule is Cc1nc(SC(C)C(=O)NCCN2CCCCC2)n(C)c(=O)c1Cc1ccc(C(C)(C)C)cc1. The molecule has 1 aromatic heterocycles. The van der Waals surface area contributed by atoms with Gasteiger partial charge >= 0.3 is 0 Å². The number of amides is 1. The number of nitrogens with one attached hydrogen (secondary N) is 1. The molecule has 1 atom stereocenters. The molecule has 7 heteroatoms. The first-order valence-electron chi connectivity index (χ1n) is 12.4. The van der Waals surface area contributed by atoms with Crippen molar-refractivity contribution in [3.63, 3.8) is 0 Å². The molecule has 2 aromatic rings. The van der Waals surface area contributed by atoms with E-state index in [2.05, 4.69) is 55.3 Å². The zero-order valence-electron chi connectivity index (χ0n) is 21.6. The second kappa shape index (κ2) is 11.5. The fourth-order valence-corrected chi connectivity index (χ4v) is 5.18. The van der Waals surface area contributed by atoms with Gasteiger partial charge in [-0.1, -0.05) is 63.2 Å². The minimum Gasteiger partial charge on any atom is -0.354 e. The Labute approximate surface area is 208 Å². The van der Waals surface area contributed by atoms with Crippen LogP contribution in [0, 0.1) is 6.92 Å². The van der Waals surface area contributed by atoms with Gasteiger partial charge < -0.3 is 10.2 Å². The number of carbonyl (C=O) groups excluding carboxylic acids is 1. The van der Waals surface area contributed by atoms with Crippen LogP contribution in [0.3, 0.4) is 0 Å². The average molecular weight is 485 g/mol.